The van der Waals surface area contributed by atoms with Gasteiger partial charge in [0.1, 0.15) is 6.33 Å². The van der Waals surface area contributed by atoms with Gasteiger partial charge < -0.3 is 19.5 Å². The van der Waals surface area contributed by atoms with Crippen LogP contribution < -0.4 is 24.9 Å². The molecule has 4 rings (SSSR count). The number of thiazole rings is 1. The maximum Gasteiger partial charge on any atom is 0.338 e. The Balaban J connectivity index is 1.41. The average molecular weight is 481 g/mol. The van der Waals surface area contributed by atoms with Crippen LogP contribution >= 0.6 is 11.3 Å². The lowest BCUT2D eigenvalue weighted by Gasteiger charge is -2.11. The van der Waals surface area contributed by atoms with Crippen molar-refractivity contribution in [3.63, 3.8) is 0 Å². The Labute approximate surface area is 197 Å². The van der Waals surface area contributed by atoms with E-state index >= 15 is 0 Å². The Bertz CT molecular complexity index is 1440. The molecule has 0 fully saturated rings. The number of anilines is 1. The number of carbonyl (C=O) groups is 2. The lowest BCUT2D eigenvalue weighted by atomic mass is 10.2. The number of aromatic nitrogens is 3. The van der Waals surface area contributed by atoms with E-state index in [2.05, 4.69) is 15.4 Å². The fourth-order valence-electron chi connectivity index (χ4n) is 3.07. The molecule has 0 atom stereocenters. The molecular formula is C23H20N4O6S. The SMILES string of the molecule is CCOC(=O)c1ccc(NC(=O)COc2ccc(/C=c3\sc4ncnn4c3=O)cc2OC)cc1. The fourth-order valence-corrected chi connectivity index (χ4v) is 3.95. The van der Waals surface area contributed by atoms with E-state index in [1.165, 1.54) is 29.3 Å². The van der Waals surface area contributed by atoms with Crippen LogP contribution in [-0.2, 0) is 9.53 Å². The van der Waals surface area contributed by atoms with E-state index in [0.717, 1.165) is 5.56 Å². The molecule has 2 heterocycles. The first-order chi connectivity index (χ1) is 16.5. The van der Waals surface area contributed by atoms with Crippen LogP contribution in [0.15, 0.2) is 53.6 Å². The molecule has 0 aliphatic rings. The minimum absolute atomic E-state index is 0.247. The van der Waals surface area contributed by atoms with Crippen molar-refractivity contribution in [1.82, 2.24) is 14.6 Å². The predicted octanol–water partition coefficient (Wildman–Crippen LogP) is 1.90. The highest BCUT2D eigenvalue weighted by atomic mass is 32.1. The maximum atomic E-state index is 12.3. The molecule has 0 aliphatic carbocycles. The zero-order valence-corrected chi connectivity index (χ0v) is 19.1. The van der Waals surface area contributed by atoms with Crippen LogP contribution in [-0.4, -0.2) is 46.8 Å². The third-order valence-electron chi connectivity index (χ3n) is 4.64. The second-order valence-corrected chi connectivity index (χ2v) is 7.92. The van der Waals surface area contributed by atoms with Crippen molar-refractivity contribution in [2.24, 2.45) is 0 Å². The Morgan fingerprint density at radius 1 is 1.15 bits per heavy atom. The van der Waals surface area contributed by atoms with Crippen LogP contribution in [0.5, 0.6) is 11.5 Å². The summed E-state index contributed by atoms with van der Waals surface area (Å²) in [5.74, 6) is -0.0230. The van der Waals surface area contributed by atoms with Gasteiger partial charge in [-0.1, -0.05) is 17.4 Å². The predicted molar refractivity (Wildman–Crippen MR) is 125 cm³/mol. The van der Waals surface area contributed by atoms with E-state index in [1.54, 1.807) is 55.5 Å². The highest BCUT2D eigenvalue weighted by molar-refractivity contribution is 7.15. The molecule has 0 aliphatic heterocycles. The zero-order valence-electron chi connectivity index (χ0n) is 18.3. The van der Waals surface area contributed by atoms with Gasteiger partial charge in [0.15, 0.2) is 18.1 Å². The average Bonchev–Trinajstić information content (AvgIpc) is 3.41. The Morgan fingerprint density at radius 2 is 1.94 bits per heavy atom. The third kappa shape index (κ3) is 5.04. The van der Waals surface area contributed by atoms with Gasteiger partial charge in [0, 0.05) is 5.69 Å². The van der Waals surface area contributed by atoms with Gasteiger partial charge in [-0.3, -0.25) is 9.59 Å². The van der Waals surface area contributed by atoms with Crippen molar-refractivity contribution in [1.29, 1.82) is 0 Å². The second-order valence-electron chi connectivity index (χ2n) is 6.92. The Kier molecular flexibility index (Phi) is 6.83. The first-order valence-electron chi connectivity index (χ1n) is 10.2. The fraction of sp³-hybridized carbons (Fsp3) is 0.174. The van der Waals surface area contributed by atoms with Crippen LogP contribution in [0.3, 0.4) is 0 Å². The molecule has 2 aromatic heterocycles. The quantitative estimate of drug-likeness (QED) is 0.380. The molecule has 0 saturated heterocycles. The van der Waals surface area contributed by atoms with E-state index in [0.29, 0.717) is 32.2 Å². The molecule has 0 radical (unpaired) electrons. The number of esters is 1. The number of nitrogens with one attached hydrogen (secondary N) is 1. The topological polar surface area (TPSA) is 121 Å². The van der Waals surface area contributed by atoms with Crippen molar-refractivity contribution < 1.29 is 23.8 Å². The number of nitrogens with zero attached hydrogens (tertiary/aromatic N) is 3. The zero-order chi connectivity index (χ0) is 24.1. The summed E-state index contributed by atoms with van der Waals surface area (Å²) >= 11 is 1.23. The number of amides is 1. The summed E-state index contributed by atoms with van der Waals surface area (Å²) in [6, 6.07) is 11.5. The van der Waals surface area contributed by atoms with Crippen LogP contribution in [0.2, 0.25) is 0 Å². The van der Waals surface area contributed by atoms with Crippen LogP contribution in [0.4, 0.5) is 5.69 Å². The standard InChI is InChI=1S/C23H20N4O6S/c1-3-32-22(30)15-5-7-16(8-6-15)26-20(28)12-33-17-9-4-14(10-18(17)31-2)11-19-21(29)27-23(34-19)24-13-25-27/h4-11,13H,3,12H2,1-2H3,(H,26,28)/b19-11-. The number of methoxy groups -OCH3 is 1. The van der Waals surface area contributed by atoms with E-state index in [4.69, 9.17) is 14.2 Å². The maximum absolute atomic E-state index is 12.3. The molecule has 174 valence electrons. The summed E-state index contributed by atoms with van der Waals surface area (Å²) in [7, 11) is 1.49. The smallest absolute Gasteiger partial charge is 0.338 e. The van der Waals surface area contributed by atoms with E-state index in [-0.39, 0.29) is 24.7 Å². The van der Waals surface area contributed by atoms with E-state index < -0.39 is 5.97 Å². The lowest BCUT2D eigenvalue weighted by Crippen LogP contribution is -2.23. The normalized spacial score (nSPS) is 11.4. The molecule has 0 unspecified atom stereocenters. The van der Waals surface area contributed by atoms with Gasteiger partial charge in [0.2, 0.25) is 4.96 Å². The number of fused-ring (bicyclic) bond motifs is 1. The van der Waals surface area contributed by atoms with Gasteiger partial charge in [-0.05, 0) is 55.0 Å². The molecule has 2 aromatic carbocycles. The van der Waals surface area contributed by atoms with Gasteiger partial charge in [-0.15, -0.1) is 0 Å². The first kappa shape index (κ1) is 22.9. The molecule has 0 spiro atoms. The van der Waals surface area contributed by atoms with Crippen molar-refractivity contribution in [2.75, 3.05) is 25.6 Å². The van der Waals surface area contributed by atoms with Crippen molar-refractivity contribution in [2.45, 2.75) is 6.92 Å². The highest BCUT2D eigenvalue weighted by Gasteiger charge is 2.11. The number of ether oxygens (including phenoxy) is 3. The highest BCUT2D eigenvalue weighted by Crippen LogP contribution is 2.28. The summed E-state index contributed by atoms with van der Waals surface area (Å²) in [6.07, 6.45) is 3.04. The molecule has 1 amide bonds. The van der Waals surface area contributed by atoms with Gasteiger partial charge in [-0.25, -0.2) is 9.78 Å². The summed E-state index contributed by atoms with van der Waals surface area (Å²) in [5, 5.41) is 6.60. The molecule has 0 saturated carbocycles. The van der Waals surface area contributed by atoms with Gasteiger partial charge in [-0.2, -0.15) is 9.61 Å². The Hall–Kier alpha value is -4.25. The Morgan fingerprint density at radius 3 is 2.65 bits per heavy atom. The first-order valence-corrected chi connectivity index (χ1v) is 11.0. The number of hydrogen-bond donors (Lipinski definition) is 1. The molecule has 0 bridgehead atoms. The molecule has 11 heteroatoms. The summed E-state index contributed by atoms with van der Waals surface area (Å²) in [6.45, 7) is 1.77. The van der Waals surface area contributed by atoms with Gasteiger partial charge >= 0.3 is 5.97 Å². The summed E-state index contributed by atoms with van der Waals surface area (Å²) < 4.78 is 17.7. The minimum Gasteiger partial charge on any atom is -0.493 e. The van der Waals surface area contributed by atoms with Crippen molar-refractivity contribution >= 4 is 39.9 Å². The largest absolute Gasteiger partial charge is 0.493 e. The van der Waals surface area contributed by atoms with Crippen molar-refractivity contribution in [3.8, 4) is 11.5 Å². The molecule has 1 N–H and O–H groups in total. The van der Waals surface area contributed by atoms with Crippen LogP contribution in [0.1, 0.15) is 22.8 Å². The number of rotatable bonds is 8. The van der Waals surface area contributed by atoms with E-state index in [9.17, 15) is 14.4 Å². The van der Waals surface area contributed by atoms with Crippen LogP contribution in [0.25, 0.3) is 11.0 Å². The molecular weight excluding hydrogens is 460 g/mol. The molecule has 10 nitrogen and oxygen atoms in total. The van der Waals surface area contributed by atoms with Crippen LogP contribution in [0, 0.1) is 0 Å². The van der Waals surface area contributed by atoms with Gasteiger partial charge in [0.05, 0.1) is 23.8 Å². The molecule has 4 aromatic rings. The number of benzene rings is 2. The van der Waals surface area contributed by atoms with Gasteiger partial charge in [0.25, 0.3) is 11.5 Å². The third-order valence-corrected chi connectivity index (χ3v) is 5.62. The minimum atomic E-state index is -0.423. The second kappa shape index (κ2) is 10.1. The summed E-state index contributed by atoms with van der Waals surface area (Å²) in [4.78, 5) is 40.9. The molecule has 34 heavy (non-hydrogen) atoms. The number of hydrogen-bond acceptors (Lipinski definition) is 9. The summed E-state index contributed by atoms with van der Waals surface area (Å²) in [5.41, 5.74) is 1.39. The number of carbonyl (C=O) groups excluding carboxylic acids is 2. The lowest BCUT2D eigenvalue weighted by molar-refractivity contribution is -0.118. The monoisotopic (exact) mass is 480 g/mol. The van der Waals surface area contributed by atoms with Crippen molar-refractivity contribution in [3.05, 3.63) is 74.8 Å². The van der Waals surface area contributed by atoms with E-state index in [1.807, 2.05) is 0 Å².